The smallest absolute Gasteiger partial charge is 0.335 e. The molecule has 1 saturated carbocycles. The minimum atomic E-state index is -0.961. The summed E-state index contributed by atoms with van der Waals surface area (Å²) < 4.78 is 0. The summed E-state index contributed by atoms with van der Waals surface area (Å²) >= 11 is 1.60. The Morgan fingerprint density at radius 3 is 2.76 bits per heavy atom. The van der Waals surface area contributed by atoms with Crippen LogP contribution in [0.4, 0.5) is 5.69 Å². The molecule has 1 aromatic carbocycles. The number of carbonyl (C=O) groups is 2. The number of carboxylic acids is 1. The number of hydrogen-bond donors (Lipinski definition) is 1. The molecule has 0 bridgehead atoms. The van der Waals surface area contributed by atoms with E-state index in [0.29, 0.717) is 6.54 Å². The van der Waals surface area contributed by atoms with E-state index in [4.69, 9.17) is 5.11 Å². The van der Waals surface area contributed by atoms with Crippen LogP contribution in [0.1, 0.15) is 34.3 Å². The maximum absolute atomic E-state index is 12.7. The van der Waals surface area contributed by atoms with Crippen LogP contribution in [0, 0.1) is 0 Å². The number of carboxylic acid groups (broad SMARTS) is 1. The number of fused-ring (bicyclic) bond motifs is 2. The van der Waals surface area contributed by atoms with Gasteiger partial charge in [0.15, 0.2) is 0 Å². The van der Waals surface area contributed by atoms with Gasteiger partial charge in [-0.2, -0.15) is 11.3 Å². The van der Waals surface area contributed by atoms with Crippen molar-refractivity contribution in [2.45, 2.75) is 24.8 Å². The van der Waals surface area contributed by atoms with Crippen molar-refractivity contribution in [3.63, 3.8) is 0 Å². The standard InChI is InChI=1S/C16H13NO3S/c18-14(19)11-1-2-12-13(7-11)17(8-10-3-6-21-9-10)15(20)16(12)4-5-16/h1-3,6-7,9H,4-5,8H2,(H,18,19). The molecule has 4 rings (SSSR count). The molecule has 1 aliphatic heterocycles. The summed E-state index contributed by atoms with van der Waals surface area (Å²) in [6, 6.07) is 7.05. The minimum Gasteiger partial charge on any atom is -0.478 e. The topological polar surface area (TPSA) is 57.6 Å². The number of thiophene rings is 1. The Balaban J connectivity index is 1.80. The number of rotatable bonds is 3. The van der Waals surface area contributed by atoms with Crippen LogP contribution in [0.15, 0.2) is 35.0 Å². The number of benzene rings is 1. The van der Waals surface area contributed by atoms with Crippen molar-refractivity contribution >= 4 is 28.9 Å². The molecule has 1 spiro atoms. The summed E-state index contributed by atoms with van der Waals surface area (Å²) in [5.41, 5.74) is 2.70. The Morgan fingerprint density at radius 1 is 1.33 bits per heavy atom. The highest BCUT2D eigenvalue weighted by Gasteiger charge is 2.59. The van der Waals surface area contributed by atoms with E-state index in [9.17, 15) is 9.59 Å². The van der Waals surface area contributed by atoms with Crippen LogP contribution >= 0.6 is 11.3 Å². The second-order valence-corrected chi connectivity index (χ2v) is 6.42. The van der Waals surface area contributed by atoms with Gasteiger partial charge in [-0.15, -0.1) is 0 Å². The molecule has 1 N–H and O–H groups in total. The minimum absolute atomic E-state index is 0.117. The number of amides is 1. The van der Waals surface area contributed by atoms with Gasteiger partial charge in [-0.3, -0.25) is 4.79 Å². The van der Waals surface area contributed by atoms with E-state index in [1.54, 1.807) is 28.4 Å². The SMILES string of the molecule is O=C(O)c1ccc2c(c1)N(Cc1ccsc1)C(=O)C21CC1. The largest absolute Gasteiger partial charge is 0.478 e. The fraction of sp³-hybridized carbons (Fsp3) is 0.250. The quantitative estimate of drug-likeness (QED) is 0.947. The van der Waals surface area contributed by atoms with E-state index >= 15 is 0 Å². The van der Waals surface area contributed by atoms with Crippen LogP contribution in [-0.4, -0.2) is 17.0 Å². The first-order valence-corrected chi connectivity index (χ1v) is 7.77. The van der Waals surface area contributed by atoms with Gasteiger partial charge in [0.2, 0.25) is 5.91 Å². The highest BCUT2D eigenvalue weighted by atomic mass is 32.1. The van der Waals surface area contributed by atoms with Crippen LogP contribution < -0.4 is 4.90 Å². The molecule has 0 atom stereocenters. The molecule has 1 aromatic heterocycles. The van der Waals surface area contributed by atoms with E-state index in [-0.39, 0.29) is 16.9 Å². The molecule has 2 heterocycles. The molecule has 0 saturated heterocycles. The second-order valence-electron chi connectivity index (χ2n) is 5.64. The van der Waals surface area contributed by atoms with Crippen LogP contribution in [0.25, 0.3) is 0 Å². The zero-order chi connectivity index (χ0) is 14.6. The highest BCUT2D eigenvalue weighted by molar-refractivity contribution is 7.07. The molecule has 1 amide bonds. The van der Waals surface area contributed by atoms with Crippen molar-refractivity contribution in [2.75, 3.05) is 4.90 Å². The van der Waals surface area contributed by atoms with Crippen molar-refractivity contribution in [2.24, 2.45) is 0 Å². The second kappa shape index (κ2) is 4.18. The molecule has 2 aliphatic rings. The summed E-state index contributed by atoms with van der Waals surface area (Å²) in [5.74, 6) is -0.844. The third-order valence-electron chi connectivity index (χ3n) is 4.38. The lowest BCUT2D eigenvalue weighted by atomic mass is 9.97. The number of nitrogens with zero attached hydrogens (tertiary/aromatic N) is 1. The van der Waals surface area contributed by atoms with Crippen molar-refractivity contribution in [3.05, 3.63) is 51.7 Å². The fourth-order valence-electron chi connectivity index (χ4n) is 3.11. The van der Waals surface area contributed by atoms with Gasteiger partial charge >= 0.3 is 5.97 Å². The summed E-state index contributed by atoms with van der Waals surface area (Å²) in [6.45, 7) is 0.514. The van der Waals surface area contributed by atoms with Gasteiger partial charge in [0.25, 0.3) is 0 Å². The van der Waals surface area contributed by atoms with Gasteiger partial charge in [-0.05, 0) is 52.9 Å². The third-order valence-corrected chi connectivity index (χ3v) is 5.11. The third kappa shape index (κ3) is 1.74. The zero-order valence-corrected chi connectivity index (χ0v) is 12.0. The van der Waals surface area contributed by atoms with Crippen molar-refractivity contribution in [1.29, 1.82) is 0 Å². The summed E-state index contributed by atoms with van der Waals surface area (Å²) in [7, 11) is 0. The van der Waals surface area contributed by atoms with E-state index in [0.717, 1.165) is 29.7 Å². The molecule has 1 aliphatic carbocycles. The van der Waals surface area contributed by atoms with Crippen LogP contribution in [0.5, 0.6) is 0 Å². The molecular formula is C16H13NO3S. The summed E-state index contributed by atoms with van der Waals surface area (Å²) in [4.78, 5) is 25.7. The first kappa shape index (κ1) is 12.6. The molecular weight excluding hydrogens is 286 g/mol. The normalized spacial score (nSPS) is 18.1. The van der Waals surface area contributed by atoms with E-state index in [2.05, 4.69) is 0 Å². The first-order chi connectivity index (χ1) is 10.1. The van der Waals surface area contributed by atoms with Gasteiger partial charge in [-0.1, -0.05) is 6.07 Å². The molecule has 0 radical (unpaired) electrons. The Hall–Kier alpha value is -2.14. The van der Waals surface area contributed by atoms with Gasteiger partial charge in [0, 0.05) is 5.69 Å². The maximum atomic E-state index is 12.7. The van der Waals surface area contributed by atoms with Gasteiger partial charge in [0.1, 0.15) is 0 Å². The Bertz CT molecular complexity index is 747. The monoisotopic (exact) mass is 299 g/mol. The number of carbonyl (C=O) groups excluding carboxylic acids is 1. The van der Waals surface area contributed by atoms with Crippen LogP contribution in [-0.2, 0) is 16.8 Å². The predicted molar refractivity (Wildman–Crippen MR) is 79.8 cm³/mol. The van der Waals surface area contributed by atoms with Crippen molar-refractivity contribution in [1.82, 2.24) is 0 Å². The van der Waals surface area contributed by atoms with Gasteiger partial charge in [0.05, 0.1) is 17.5 Å². The van der Waals surface area contributed by atoms with Gasteiger partial charge < -0.3 is 10.0 Å². The molecule has 0 unspecified atom stereocenters. The molecule has 2 aromatic rings. The zero-order valence-electron chi connectivity index (χ0n) is 11.2. The van der Waals surface area contributed by atoms with Crippen molar-refractivity contribution in [3.8, 4) is 0 Å². The van der Waals surface area contributed by atoms with Crippen molar-refractivity contribution < 1.29 is 14.7 Å². The first-order valence-electron chi connectivity index (χ1n) is 6.83. The summed E-state index contributed by atoms with van der Waals surface area (Å²) in [6.07, 6.45) is 1.73. The number of anilines is 1. The Morgan fingerprint density at radius 2 is 2.14 bits per heavy atom. The van der Waals surface area contributed by atoms with Gasteiger partial charge in [-0.25, -0.2) is 4.79 Å². The average Bonchev–Trinajstić information content (AvgIpc) is 3.06. The van der Waals surface area contributed by atoms with E-state index < -0.39 is 5.97 Å². The lowest BCUT2D eigenvalue weighted by molar-refractivity contribution is -0.120. The molecule has 4 nitrogen and oxygen atoms in total. The average molecular weight is 299 g/mol. The van der Waals surface area contributed by atoms with E-state index in [1.807, 2.05) is 22.9 Å². The lowest BCUT2D eigenvalue weighted by Gasteiger charge is -2.17. The molecule has 106 valence electrons. The number of aromatic carboxylic acids is 1. The summed E-state index contributed by atoms with van der Waals surface area (Å²) in [5, 5.41) is 13.2. The number of hydrogen-bond acceptors (Lipinski definition) is 3. The van der Waals surface area contributed by atoms with E-state index in [1.165, 1.54) is 0 Å². The van der Waals surface area contributed by atoms with Crippen LogP contribution in [0.2, 0.25) is 0 Å². The lowest BCUT2D eigenvalue weighted by Crippen LogP contribution is -2.31. The highest BCUT2D eigenvalue weighted by Crippen LogP contribution is 2.57. The Labute approximate surface area is 125 Å². The molecule has 1 fully saturated rings. The fourth-order valence-corrected chi connectivity index (χ4v) is 3.77. The Kier molecular flexibility index (Phi) is 2.50. The molecule has 21 heavy (non-hydrogen) atoms. The molecule has 5 heteroatoms. The predicted octanol–water partition coefficient (Wildman–Crippen LogP) is 3.02. The van der Waals surface area contributed by atoms with Crippen LogP contribution in [0.3, 0.4) is 0 Å². The maximum Gasteiger partial charge on any atom is 0.335 e.